The average Bonchev–Trinajstić information content (AvgIpc) is 2.98. The molecule has 0 radical (unpaired) electrons. The highest BCUT2D eigenvalue weighted by Gasteiger charge is 2.08. The topological polar surface area (TPSA) is 86.1 Å². The summed E-state index contributed by atoms with van der Waals surface area (Å²) >= 11 is 0. The number of esters is 1. The number of aromatic nitrogens is 3. The van der Waals surface area contributed by atoms with E-state index in [0.717, 1.165) is 16.7 Å². The summed E-state index contributed by atoms with van der Waals surface area (Å²) < 4.78 is 6.51. The van der Waals surface area contributed by atoms with Gasteiger partial charge in [0.15, 0.2) is 0 Å². The molecular weight excluding hydrogens is 296 g/mol. The van der Waals surface area contributed by atoms with Crippen LogP contribution in [-0.4, -0.2) is 33.2 Å². The number of nitrogens with zero attached hydrogens (tertiary/aromatic N) is 3. The van der Waals surface area contributed by atoms with Gasteiger partial charge in [-0.15, -0.1) is 0 Å². The van der Waals surface area contributed by atoms with Crippen LogP contribution < -0.4 is 5.32 Å². The van der Waals surface area contributed by atoms with Gasteiger partial charge in [0.25, 0.3) is 0 Å². The third-order valence-electron chi connectivity index (χ3n) is 3.18. The van der Waals surface area contributed by atoms with Crippen LogP contribution in [0.15, 0.2) is 30.9 Å². The van der Waals surface area contributed by atoms with Gasteiger partial charge in [0, 0.05) is 49.7 Å². The van der Waals surface area contributed by atoms with Gasteiger partial charge in [0.2, 0.25) is 5.91 Å². The lowest BCUT2D eigenvalue weighted by Gasteiger charge is -2.06. The summed E-state index contributed by atoms with van der Waals surface area (Å²) in [5.74, 6) is -0.548. The largest absolute Gasteiger partial charge is 0.466 e. The molecule has 2 aromatic heterocycles. The Bertz CT molecular complexity index is 681. The average molecular weight is 316 g/mol. The molecule has 1 amide bonds. The van der Waals surface area contributed by atoms with Crippen molar-refractivity contribution in [3.05, 3.63) is 36.4 Å². The van der Waals surface area contributed by atoms with Crippen LogP contribution in [0.3, 0.4) is 0 Å². The van der Waals surface area contributed by atoms with Gasteiger partial charge < -0.3 is 10.1 Å². The molecule has 7 nitrogen and oxygen atoms in total. The molecule has 23 heavy (non-hydrogen) atoms. The number of hydrogen-bond donors (Lipinski definition) is 1. The number of nitrogens with one attached hydrogen (secondary N) is 1. The number of rotatable bonds is 7. The lowest BCUT2D eigenvalue weighted by atomic mass is 10.1. The molecule has 0 aromatic carbocycles. The fourth-order valence-electron chi connectivity index (χ4n) is 2.05. The van der Waals surface area contributed by atoms with Crippen LogP contribution in [0.1, 0.15) is 25.3 Å². The molecule has 2 rings (SSSR count). The molecule has 122 valence electrons. The molecule has 2 aromatic rings. The predicted octanol–water partition coefficient (Wildman–Crippen LogP) is 1.44. The van der Waals surface area contributed by atoms with E-state index < -0.39 is 0 Å². The van der Waals surface area contributed by atoms with Crippen molar-refractivity contribution in [2.24, 2.45) is 7.05 Å². The van der Waals surface area contributed by atoms with Gasteiger partial charge in [0.05, 0.1) is 19.2 Å². The maximum absolute atomic E-state index is 11.7. The number of ether oxygens (including phenoxy) is 1. The SMILES string of the molecule is CCOC(=O)CCC(=O)NCc1cncc(-c2cnn(C)c2)c1. The van der Waals surface area contributed by atoms with E-state index in [1.54, 1.807) is 30.2 Å². The van der Waals surface area contributed by atoms with Crippen LogP contribution in [0.4, 0.5) is 0 Å². The highest BCUT2D eigenvalue weighted by atomic mass is 16.5. The van der Waals surface area contributed by atoms with Crippen molar-refractivity contribution in [3.8, 4) is 11.1 Å². The van der Waals surface area contributed by atoms with E-state index in [9.17, 15) is 9.59 Å². The van der Waals surface area contributed by atoms with E-state index in [0.29, 0.717) is 13.2 Å². The van der Waals surface area contributed by atoms with Gasteiger partial charge in [-0.05, 0) is 18.6 Å². The fourth-order valence-corrected chi connectivity index (χ4v) is 2.05. The quantitative estimate of drug-likeness (QED) is 0.781. The maximum Gasteiger partial charge on any atom is 0.306 e. The zero-order chi connectivity index (χ0) is 16.7. The Morgan fingerprint density at radius 3 is 2.74 bits per heavy atom. The van der Waals surface area contributed by atoms with Crippen molar-refractivity contribution in [2.45, 2.75) is 26.3 Å². The molecule has 2 heterocycles. The number of pyridine rings is 1. The van der Waals surface area contributed by atoms with Crippen LogP contribution in [0.5, 0.6) is 0 Å². The Morgan fingerprint density at radius 1 is 1.22 bits per heavy atom. The molecule has 0 bridgehead atoms. The molecule has 0 saturated heterocycles. The molecule has 7 heteroatoms. The predicted molar refractivity (Wildman–Crippen MR) is 84.2 cm³/mol. The normalized spacial score (nSPS) is 10.3. The van der Waals surface area contributed by atoms with Crippen LogP contribution >= 0.6 is 0 Å². The zero-order valence-electron chi connectivity index (χ0n) is 13.3. The highest BCUT2D eigenvalue weighted by Crippen LogP contribution is 2.18. The Hall–Kier alpha value is -2.70. The molecule has 1 N–H and O–H groups in total. The fraction of sp³-hybridized carbons (Fsp3) is 0.375. The number of hydrogen-bond acceptors (Lipinski definition) is 5. The first-order valence-corrected chi connectivity index (χ1v) is 7.43. The first-order chi connectivity index (χ1) is 11.1. The Labute approximate surface area is 134 Å². The third kappa shape index (κ3) is 5.21. The second-order valence-electron chi connectivity index (χ2n) is 5.07. The minimum Gasteiger partial charge on any atom is -0.466 e. The summed E-state index contributed by atoms with van der Waals surface area (Å²) in [7, 11) is 1.85. The summed E-state index contributed by atoms with van der Waals surface area (Å²) in [5, 5.41) is 6.90. The number of carbonyl (C=O) groups is 2. The lowest BCUT2D eigenvalue weighted by Crippen LogP contribution is -2.23. The van der Waals surface area contributed by atoms with Crippen molar-refractivity contribution >= 4 is 11.9 Å². The van der Waals surface area contributed by atoms with Crippen LogP contribution in [-0.2, 0) is 27.9 Å². The lowest BCUT2D eigenvalue weighted by molar-refractivity contribution is -0.144. The maximum atomic E-state index is 11.7. The first kappa shape index (κ1) is 16.7. The van der Waals surface area contributed by atoms with Gasteiger partial charge in [0.1, 0.15) is 0 Å². The van der Waals surface area contributed by atoms with Crippen molar-refractivity contribution < 1.29 is 14.3 Å². The molecule has 0 aliphatic carbocycles. The van der Waals surface area contributed by atoms with Gasteiger partial charge >= 0.3 is 5.97 Å². The molecule has 0 atom stereocenters. The molecule has 0 unspecified atom stereocenters. The number of aryl methyl sites for hydroxylation is 1. The number of carbonyl (C=O) groups excluding carboxylic acids is 2. The van der Waals surface area contributed by atoms with Gasteiger partial charge in [-0.3, -0.25) is 19.3 Å². The Morgan fingerprint density at radius 2 is 2.04 bits per heavy atom. The summed E-state index contributed by atoms with van der Waals surface area (Å²) in [4.78, 5) is 27.1. The van der Waals surface area contributed by atoms with Crippen LogP contribution in [0, 0.1) is 0 Å². The van der Waals surface area contributed by atoms with E-state index in [2.05, 4.69) is 15.4 Å². The second kappa shape index (κ2) is 8.07. The van der Waals surface area contributed by atoms with Gasteiger partial charge in [-0.2, -0.15) is 5.10 Å². The highest BCUT2D eigenvalue weighted by molar-refractivity contribution is 5.81. The first-order valence-electron chi connectivity index (χ1n) is 7.43. The van der Waals surface area contributed by atoms with Crippen molar-refractivity contribution in [2.75, 3.05) is 6.61 Å². The van der Waals surface area contributed by atoms with E-state index in [1.807, 2.05) is 19.3 Å². The third-order valence-corrected chi connectivity index (χ3v) is 3.18. The van der Waals surface area contributed by atoms with E-state index in [-0.39, 0.29) is 24.7 Å². The van der Waals surface area contributed by atoms with Gasteiger partial charge in [-0.25, -0.2) is 0 Å². The van der Waals surface area contributed by atoms with E-state index >= 15 is 0 Å². The minimum atomic E-state index is -0.358. The van der Waals surface area contributed by atoms with Crippen molar-refractivity contribution in [1.29, 1.82) is 0 Å². The molecule has 0 aliphatic heterocycles. The van der Waals surface area contributed by atoms with Crippen molar-refractivity contribution in [1.82, 2.24) is 20.1 Å². The number of amides is 1. The summed E-state index contributed by atoms with van der Waals surface area (Å²) in [6.45, 7) is 2.43. The summed E-state index contributed by atoms with van der Waals surface area (Å²) in [6.07, 6.45) is 7.33. The van der Waals surface area contributed by atoms with E-state index in [4.69, 9.17) is 4.74 Å². The van der Waals surface area contributed by atoms with E-state index in [1.165, 1.54) is 0 Å². The molecule has 0 saturated carbocycles. The van der Waals surface area contributed by atoms with Crippen LogP contribution in [0.2, 0.25) is 0 Å². The van der Waals surface area contributed by atoms with Crippen LogP contribution in [0.25, 0.3) is 11.1 Å². The zero-order valence-corrected chi connectivity index (χ0v) is 13.3. The Kier molecular flexibility index (Phi) is 5.85. The van der Waals surface area contributed by atoms with Gasteiger partial charge in [-0.1, -0.05) is 0 Å². The summed E-state index contributed by atoms with van der Waals surface area (Å²) in [6, 6.07) is 1.95. The standard InChI is InChI=1S/C16H20N4O3/c1-3-23-16(22)5-4-15(21)18-8-12-6-13(9-17-7-12)14-10-19-20(2)11-14/h6-7,9-11H,3-5,8H2,1-2H3,(H,18,21). The molecule has 0 aliphatic rings. The second-order valence-corrected chi connectivity index (χ2v) is 5.07. The summed E-state index contributed by atoms with van der Waals surface area (Å²) in [5.41, 5.74) is 2.79. The molecule has 0 fully saturated rings. The smallest absolute Gasteiger partial charge is 0.306 e. The molecular formula is C16H20N4O3. The monoisotopic (exact) mass is 316 g/mol. The van der Waals surface area contributed by atoms with Crippen molar-refractivity contribution in [3.63, 3.8) is 0 Å². The molecule has 0 spiro atoms. The Balaban J connectivity index is 1.86. The minimum absolute atomic E-state index is 0.0909.